The molecule has 0 saturated carbocycles. The predicted octanol–water partition coefficient (Wildman–Crippen LogP) is 5.40. The zero-order valence-electron chi connectivity index (χ0n) is 16.9. The fourth-order valence-corrected chi connectivity index (χ4v) is 3.79. The molecule has 0 bridgehead atoms. The Labute approximate surface area is 198 Å². The van der Waals surface area contributed by atoms with Gasteiger partial charge in [-0.3, -0.25) is 14.5 Å². The van der Waals surface area contributed by atoms with E-state index in [4.69, 9.17) is 11.6 Å². The van der Waals surface area contributed by atoms with Crippen LogP contribution in [0.5, 0.6) is 0 Å². The highest BCUT2D eigenvalue weighted by atomic mass is 79.9. The van der Waals surface area contributed by atoms with Gasteiger partial charge in [-0.05, 0) is 36.2 Å². The number of amides is 2. The number of hydrogen-bond donors (Lipinski definition) is 1. The summed E-state index contributed by atoms with van der Waals surface area (Å²) in [5.74, 6) is -3.35. The molecule has 0 spiro atoms. The molecule has 4 nitrogen and oxygen atoms in total. The van der Waals surface area contributed by atoms with E-state index >= 15 is 0 Å². The Bertz CT molecular complexity index is 1100. The summed E-state index contributed by atoms with van der Waals surface area (Å²) in [6.45, 7) is 0.250. The van der Waals surface area contributed by atoms with Crippen molar-refractivity contribution in [2.75, 3.05) is 17.3 Å². The van der Waals surface area contributed by atoms with Gasteiger partial charge in [0.25, 0.3) is 0 Å². The van der Waals surface area contributed by atoms with Gasteiger partial charge in [-0.2, -0.15) is 0 Å². The number of benzene rings is 3. The average molecular weight is 522 g/mol. The van der Waals surface area contributed by atoms with Crippen molar-refractivity contribution in [2.24, 2.45) is 0 Å². The van der Waals surface area contributed by atoms with Gasteiger partial charge in [-0.15, -0.1) is 11.6 Å². The third-order valence-electron chi connectivity index (χ3n) is 4.81. The summed E-state index contributed by atoms with van der Waals surface area (Å²) in [4.78, 5) is 26.9. The van der Waals surface area contributed by atoms with Crippen LogP contribution >= 0.6 is 27.5 Å². The maximum atomic E-state index is 14.8. The molecule has 0 radical (unpaired) electrons. The number of hydrogen-bond acceptors (Lipinski definition) is 2. The van der Waals surface area contributed by atoms with Crippen LogP contribution in [0.25, 0.3) is 0 Å². The van der Waals surface area contributed by atoms with Crippen molar-refractivity contribution in [2.45, 2.75) is 12.5 Å². The first-order chi connectivity index (χ1) is 15.4. The fourth-order valence-electron chi connectivity index (χ4n) is 3.32. The van der Waals surface area contributed by atoms with Gasteiger partial charge in [0.1, 0.15) is 23.6 Å². The van der Waals surface area contributed by atoms with Gasteiger partial charge in [0.2, 0.25) is 11.8 Å². The highest BCUT2D eigenvalue weighted by Crippen LogP contribution is 2.33. The average Bonchev–Trinajstić information content (AvgIpc) is 2.79. The van der Waals surface area contributed by atoms with Crippen LogP contribution in [-0.4, -0.2) is 24.2 Å². The van der Waals surface area contributed by atoms with Crippen LogP contribution in [-0.2, 0) is 16.0 Å². The Hall–Kier alpha value is -2.77. The summed E-state index contributed by atoms with van der Waals surface area (Å²) in [5, 5.41) is 2.74. The van der Waals surface area contributed by atoms with E-state index < -0.39 is 35.4 Å². The second-order valence-corrected chi connectivity index (χ2v) is 8.13. The van der Waals surface area contributed by atoms with Crippen LogP contribution in [0.4, 0.5) is 14.5 Å². The second kappa shape index (κ2) is 11.2. The van der Waals surface area contributed by atoms with Crippen molar-refractivity contribution in [1.29, 1.82) is 0 Å². The molecule has 3 aromatic carbocycles. The van der Waals surface area contributed by atoms with Crippen molar-refractivity contribution >= 4 is 45.0 Å². The third kappa shape index (κ3) is 5.72. The first-order valence-corrected chi connectivity index (χ1v) is 11.1. The Morgan fingerprint density at radius 1 is 0.969 bits per heavy atom. The molecule has 1 atom stereocenters. The molecule has 1 unspecified atom stereocenters. The van der Waals surface area contributed by atoms with Crippen LogP contribution in [0.3, 0.4) is 0 Å². The number of rotatable bonds is 8. The highest BCUT2D eigenvalue weighted by molar-refractivity contribution is 9.10. The minimum Gasteiger partial charge on any atom is -0.354 e. The molecule has 0 heterocycles. The molecular formula is C24H20BrClF2N2O2. The van der Waals surface area contributed by atoms with Gasteiger partial charge in [-0.25, -0.2) is 8.78 Å². The van der Waals surface area contributed by atoms with Crippen molar-refractivity contribution in [1.82, 2.24) is 5.32 Å². The van der Waals surface area contributed by atoms with Crippen LogP contribution in [0, 0.1) is 11.6 Å². The standard InChI is InChI=1S/C24H20BrClF2N2O2/c25-17-10-11-21(20(28)14-17)30(22(31)15-26)23(18-8-4-5-9-19(18)27)24(32)29-13-12-16-6-2-1-3-7-16/h1-11,14,23H,12-13,15H2,(H,29,32). The molecule has 0 aliphatic heterocycles. The van der Waals surface area contributed by atoms with Crippen molar-refractivity contribution < 1.29 is 18.4 Å². The molecule has 32 heavy (non-hydrogen) atoms. The summed E-state index contributed by atoms with van der Waals surface area (Å²) in [5.41, 5.74) is 0.763. The van der Waals surface area contributed by atoms with Gasteiger partial charge >= 0.3 is 0 Å². The van der Waals surface area contributed by atoms with E-state index in [-0.39, 0.29) is 17.8 Å². The SMILES string of the molecule is O=C(NCCc1ccccc1)C(c1ccccc1F)N(C(=O)CCl)c1ccc(Br)cc1F. The van der Waals surface area contributed by atoms with E-state index in [1.54, 1.807) is 6.07 Å². The van der Waals surface area contributed by atoms with Crippen LogP contribution < -0.4 is 10.2 Å². The van der Waals surface area contributed by atoms with E-state index in [1.165, 1.54) is 30.3 Å². The molecule has 0 fully saturated rings. The summed E-state index contributed by atoms with van der Waals surface area (Å²) in [6, 6.07) is 17.7. The van der Waals surface area contributed by atoms with Crippen LogP contribution in [0.2, 0.25) is 0 Å². The van der Waals surface area contributed by atoms with E-state index in [0.29, 0.717) is 10.9 Å². The maximum Gasteiger partial charge on any atom is 0.247 e. The molecule has 166 valence electrons. The number of anilines is 1. The Morgan fingerprint density at radius 3 is 2.31 bits per heavy atom. The molecule has 0 aromatic heterocycles. The van der Waals surface area contributed by atoms with E-state index in [9.17, 15) is 18.4 Å². The molecule has 3 aromatic rings. The minimum atomic E-state index is -1.45. The number of carbonyl (C=O) groups is 2. The lowest BCUT2D eigenvalue weighted by atomic mass is 10.0. The van der Waals surface area contributed by atoms with Gasteiger partial charge in [0.05, 0.1) is 5.69 Å². The van der Waals surface area contributed by atoms with E-state index in [1.807, 2.05) is 30.3 Å². The quantitative estimate of drug-likeness (QED) is 0.404. The monoisotopic (exact) mass is 520 g/mol. The van der Waals surface area contributed by atoms with Crippen LogP contribution in [0.1, 0.15) is 17.2 Å². The van der Waals surface area contributed by atoms with Gasteiger partial charge in [-0.1, -0.05) is 64.5 Å². The lowest BCUT2D eigenvalue weighted by Gasteiger charge is -2.31. The van der Waals surface area contributed by atoms with E-state index in [0.717, 1.165) is 16.5 Å². The molecule has 8 heteroatoms. The van der Waals surface area contributed by atoms with Crippen LogP contribution in [0.15, 0.2) is 77.3 Å². The predicted molar refractivity (Wildman–Crippen MR) is 125 cm³/mol. The molecule has 3 rings (SSSR count). The zero-order chi connectivity index (χ0) is 23.1. The summed E-state index contributed by atoms with van der Waals surface area (Å²) < 4.78 is 30.0. The zero-order valence-corrected chi connectivity index (χ0v) is 19.2. The topological polar surface area (TPSA) is 49.4 Å². The number of nitrogens with one attached hydrogen (secondary N) is 1. The van der Waals surface area contributed by atoms with E-state index in [2.05, 4.69) is 21.2 Å². The van der Waals surface area contributed by atoms with Crippen molar-refractivity contribution in [3.05, 3.63) is 100 Å². The molecule has 0 saturated heterocycles. The first kappa shape index (κ1) is 23.9. The summed E-state index contributed by atoms with van der Waals surface area (Å²) in [6.07, 6.45) is 0.534. The summed E-state index contributed by atoms with van der Waals surface area (Å²) >= 11 is 8.96. The number of alkyl halides is 1. The Balaban J connectivity index is 1.98. The normalized spacial score (nSPS) is 11.6. The first-order valence-electron chi connectivity index (χ1n) is 9.81. The van der Waals surface area contributed by atoms with Crippen molar-refractivity contribution in [3.8, 4) is 0 Å². The number of halogens is 4. The molecule has 2 amide bonds. The summed E-state index contributed by atoms with van der Waals surface area (Å²) in [7, 11) is 0. The fraction of sp³-hybridized carbons (Fsp3) is 0.167. The molecule has 1 N–H and O–H groups in total. The minimum absolute atomic E-state index is 0.0644. The van der Waals surface area contributed by atoms with Gasteiger partial charge in [0.15, 0.2) is 0 Å². The maximum absolute atomic E-state index is 14.8. The van der Waals surface area contributed by atoms with Crippen molar-refractivity contribution in [3.63, 3.8) is 0 Å². The Kier molecular flexibility index (Phi) is 8.36. The molecule has 0 aliphatic carbocycles. The Morgan fingerprint density at radius 2 is 1.66 bits per heavy atom. The molecule has 0 aliphatic rings. The third-order valence-corrected chi connectivity index (χ3v) is 5.54. The molecular weight excluding hydrogens is 502 g/mol. The largest absolute Gasteiger partial charge is 0.354 e. The number of carbonyl (C=O) groups excluding carboxylic acids is 2. The second-order valence-electron chi connectivity index (χ2n) is 6.94. The highest BCUT2D eigenvalue weighted by Gasteiger charge is 2.35. The lowest BCUT2D eigenvalue weighted by Crippen LogP contribution is -2.45. The van der Waals surface area contributed by atoms with Gasteiger partial charge in [0, 0.05) is 16.6 Å². The van der Waals surface area contributed by atoms with Gasteiger partial charge < -0.3 is 5.32 Å². The lowest BCUT2D eigenvalue weighted by molar-refractivity contribution is -0.126. The number of nitrogens with zero attached hydrogens (tertiary/aromatic N) is 1. The smallest absolute Gasteiger partial charge is 0.247 e.